The molecule has 0 heterocycles. The molecule has 0 radical (unpaired) electrons. The molecular formula is C20H19N3O3. The molecular weight excluding hydrogens is 330 g/mol. The molecule has 2 aromatic carbocycles. The summed E-state index contributed by atoms with van der Waals surface area (Å²) in [5.74, 6) is 2.19. The van der Waals surface area contributed by atoms with Gasteiger partial charge in [0.05, 0.1) is 12.8 Å². The molecule has 0 atom stereocenters. The largest absolute Gasteiger partial charge is 0.480 e. The lowest BCUT2D eigenvalue weighted by atomic mass is 10.1. The third-order valence-electron chi connectivity index (χ3n) is 3.31. The van der Waals surface area contributed by atoms with Crippen LogP contribution in [0.1, 0.15) is 21.5 Å². The molecule has 0 bridgehead atoms. The van der Waals surface area contributed by atoms with Gasteiger partial charge in [-0.3, -0.25) is 9.59 Å². The molecule has 0 aliphatic heterocycles. The van der Waals surface area contributed by atoms with Crippen LogP contribution in [0.5, 0.6) is 5.75 Å². The van der Waals surface area contributed by atoms with Gasteiger partial charge in [0.2, 0.25) is 0 Å². The van der Waals surface area contributed by atoms with E-state index < -0.39 is 5.91 Å². The molecule has 26 heavy (non-hydrogen) atoms. The molecule has 0 saturated carbocycles. The first-order chi connectivity index (χ1) is 12.6. The summed E-state index contributed by atoms with van der Waals surface area (Å²) in [6, 6.07) is 14.3. The lowest BCUT2D eigenvalue weighted by Gasteiger charge is -2.06. The van der Waals surface area contributed by atoms with Crippen LogP contribution in [-0.4, -0.2) is 31.2 Å². The number of aryl methyl sites for hydroxylation is 1. The molecule has 6 nitrogen and oxygen atoms in total. The van der Waals surface area contributed by atoms with Gasteiger partial charge in [-0.05, 0) is 31.2 Å². The van der Waals surface area contributed by atoms with Crippen molar-refractivity contribution in [2.24, 2.45) is 5.10 Å². The molecule has 0 aromatic heterocycles. The Hall–Kier alpha value is -3.59. The van der Waals surface area contributed by atoms with Crippen molar-refractivity contribution in [1.29, 1.82) is 0 Å². The first kappa shape index (κ1) is 18.7. The molecule has 0 saturated heterocycles. The molecule has 6 heteroatoms. The lowest BCUT2D eigenvalue weighted by Crippen LogP contribution is -2.34. The Morgan fingerprint density at radius 2 is 2.04 bits per heavy atom. The van der Waals surface area contributed by atoms with E-state index in [1.165, 1.54) is 6.21 Å². The quantitative estimate of drug-likeness (QED) is 0.455. The Balaban J connectivity index is 1.84. The maximum atomic E-state index is 12.0. The molecule has 0 aliphatic carbocycles. The highest BCUT2D eigenvalue weighted by Crippen LogP contribution is 2.15. The number of hydrogen-bond donors (Lipinski definition) is 2. The minimum atomic E-state index is -0.440. The third kappa shape index (κ3) is 5.80. The Labute approximate surface area is 152 Å². The van der Waals surface area contributed by atoms with E-state index in [2.05, 4.69) is 21.8 Å². The standard InChI is InChI=1S/C20H19N3O3/c1-3-11-26-18-10-5-4-8-17(18)13-22-23-19(24)14-21-20(25)16-9-6-7-15(2)12-16/h1,4-10,12-13H,11,14H2,2H3,(H,21,25)(H,23,24). The monoisotopic (exact) mass is 349 g/mol. The van der Waals surface area contributed by atoms with Gasteiger partial charge in [-0.25, -0.2) is 5.43 Å². The van der Waals surface area contributed by atoms with Gasteiger partial charge in [0.1, 0.15) is 12.4 Å². The molecule has 2 aromatic rings. The number of ether oxygens (including phenoxy) is 1. The van der Waals surface area contributed by atoms with E-state index in [1.807, 2.05) is 25.1 Å². The fourth-order valence-corrected chi connectivity index (χ4v) is 2.10. The van der Waals surface area contributed by atoms with Crippen LogP contribution in [0.15, 0.2) is 53.6 Å². The molecule has 0 spiro atoms. The van der Waals surface area contributed by atoms with Crippen LogP contribution in [0, 0.1) is 19.3 Å². The zero-order chi connectivity index (χ0) is 18.8. The topological polar surface area (TPSA) is 79.8 Å². The Kier molecular flexibility index (Phi) is 6.95. The van der Waals surface area contributed by atoms with Crippen LogP contribution >= 0.6 is 0 Å². The Morgan fingerprint density at radius 1 is 1.23 bits per heavy atom. The Bertz CT molecular complexity index is 853. The highest BCUT2D eigenvalue weighted by molar-refractivity contribution is 5.96. The number of carbonyl (C=O) groups is 2. The van der Waals surface area contributed by atoms with Crippen molar-refractivity contribution >= 4 is 18.0 Å². The number of amides is 2. The maximum absolute atomic E-state index is 12.0. The van der Waals surface area contributed by atoms with Gasteiger partial charge in [-0.1, -0.05) is 35.7 Å². The van der Waals surface area contributed by atoms with Gasteiger partial charge in [0, 0.05) is 11.1 Å². The number of nitrogens with one attached hydrogen (secondary N) is 2. The average Bonchev–Trinajstić information content (AvgIpc) is 2.65. The number of benzene rings is 2. The van der Waals surface area contributed by atoms with E-state index in [1.54, 1.807) is 30.3 Å². The Morgan fingerprint density at radius 3 is 2.81 bits per heavy atom. The van der Waals surface area contributed by atoms with Crippen molar-refractivity contribution in [2.75, 3.05) is 13.2 Å². The van der Waals surface area contributed by atoms with Crippen LogP contribution in [0.2, 0.25) is 0 Å². The molecule has 0 fully saturated rings. The van der Waals surface area contributed by atoms with Gasteiger partial charge >= 0.3 is 0 Å². The number of hydrogen-bond acceptors (Lipinski definition) is 4. The van der Waals surface area contributed by atoms with E-state index in [0.29, 0.717) is 16.9 Å². The van der Waals surface area contributed by atoms with Crippen LogP contribution in [-0.2, 0) is 4.79 Å². The summed E-state index contributed by atoms with van der Waals surface area (Å²) in [4.78, 5) is 23.8. The SMILES string of the molecule is C#CCOc1ccccc1C=NNC(=O)CNC(=O)c1cccc(C)c1. The van der Waals surface area contributed by atoms with E-state index in [9.17, 15) is 9.59 Å². The van der Waals surface area contributed by atoms with Crippen molar-refractivity contribution in [2.45, 2.75) is 6.92 Å². The van der Waals surface area contributed by atoms with Crippen molar-refractivity contribution in [1.82, 2.24) is 10.7 Å². The van der Waals surface area contributed by atoms with Crippen molar-refractivity contribution < 1.29 is 14.3 Å². The number of para-hydroxylation sites is 1. The summed E-state index contributed by atoms with van der Waals surface area (Å²) in [5, 5.41) is 6.41. The lowest BCUT2D eigenvalue weighted by molar-refractivity contribution is -0.120. The minimum absolute atomic E-state index is 0.141. The number of hydrazone groups is 1. The predicted octanol–water partition coefficient (Wildman–Crippen LogP) is 1.89. The number of carbonyl (C=O) groups excluding carboxylic acids is 2. The minimum Gasteiger partial charge on any atom is -0.480 e. The molecule has 2 N–H and O–H groups in total. The predicted molar refractivity (Wildman–Crippen MR) is 100 cm³/mol. The average molecular weight is 349 g/mol. The molecule has 0 unspecified atom stereocenters. The van der Waals surface area contributed by atoms with Crippen LogP contribution in [0.3, 0.4) is 0 Å². The van der Waals surface area contributed by atoms with Gasteiger partial charge in [0.15, 0.2) is 0 Å². The third-order valence-corrected chi connectivity index (χ3v) is 3.31. The van der Waals surface area contributed by atoms with E-state index in [4.69, 9.17) is 11.2 Å². The summed E-state index contributed by atoms with van der Waals surface area (Å²) in [7, 11) is 0. The fraction of sp³-hybridized carbons (Fsp3) is 0.150. The van der Waals surface area contributed by atoms with Crippen molar-refractivity contribution in [3.63, 3.8) is 0 Å². The van der Waals surface area contributed by atoms with Gasteiger partial charge in [-0.15, -0.1) is 6.42 Å². The first-order valence-corrected chi connectivity index (χ1v) is 7.92. The second kappa shape index (κ2) is 9.64. The first-order valence-electron chi connectivity index (χ1n) is 7.92. The summed E-state index contributed by atoms with van der Waals surface area (Å²) < 4.78 is 5.38. The summed E-state index contributed by atoms with van der Waals surface area (Å²) >= 11 is 0. The fourth-order valence-electron chi connectivity index (χ4n) is 2.10. The second-order valence-electron chi connectivity index (χ2n) is 5.38. The zero-order valence-electron chi connectivity index (χ0n) is 14.4. The van der Waals surface area contributed by atoms with Gasteiger partial charge in [-0.2, -0.15) is 5.10 Å². The highest BCUT2D eigenvalue weighted by Gasteiger charge is 2.07. The molecule has 2 amide bonds. The molecule has 0 aliphatic rings. The second-order valence-corrected chi connectivity index (χ2v) is 5.38. The zero-order valence-corrected chi connectivity index (χ0v) is 14.4. The molecule has 2 rings (SSSR count). The van der Waals surface area contributed by atoms with Crippen LogP contribution in [0.4, 0.5) is 0 Å². The maximum Gasteiger partial charge on any atom is 0.259 e. The molecule has 132 valence electrons. The number of nitrogens with zero attached hydrogens (tertiary/aromatic N) is 1. The number of rotatable bonds is 7. The van der Waals surface area contributed by atoms with Crippen LogP contribution in [0.25, 0.3) is 0 Å². The normalized spacial score (nSPS) is 10.2. The van der Waals surface area contributed by atoms with E-state index in [-0.39, 0.29) is 19.1 Å². The summed E-state index contributed by atoms with van der Waals surface area (Å²) in [6.45, 7) is 1.85. The summed E-state index contributed by atoms with van der Waals surface area (Å²) in [6.07, 6.45) is 6.62. The highest BCUT2D eigenvalue weighted by atomic mass is 16.5. The van der Waals surface area contributed by atoms with Gasteiger partial charge < -0.3 is 10.1 Å². The van der Waals surface area contributed by atoms with E-state index in [0.717, 1.165) is 5.56 Å². The van der Waals surface area contributed by atoms with Gasteiger partial charge in [0.25, 0.3) is 11.8 Å². The number of terminal acetylenes is 1. The smallest absolute Gasteiger partial charge is 0.259 e. The summed E-state index contributed by atoms with van der Waals surface area (Å²) in [5.41, 5.74) is 4.50. The van der Waals surface area contributed by atoms with Crippen molar-refractivity contribution in [3.8, 4) is 18.1 Å². The van der Waals surface area contributed by atoms with E-state index >= 15 is 0 Å². The van der Waals surface area contributed by atoms with Crippen LogP contribution < -0.4 is 15.5 Å². The van der Waals surface area contributed by atoms with Crippen molar-refractivity contribution in [3.05, 3.63) is 65.2 Å².